The molecule has 47 valence electrons. The zero-order valence-corrected chi connectivity index (χ0v) is 4.80. The van der Waals surface area contributed by atoms with E-state index in [1.807, 2.05) is 0 Å². The molecule has 0 rings (SSSR count). The summed E-state index contributed by atoms with van der Waals surface area (Å²) in [5, 5.41) is 12.4. The van der Waals surface area contributed by atoms with Gasteiger partial charge in [-0.05, 0) is 19.3 Å². The maximum atomic E-state index is 9.78. The van der Waals surface area contributed by atoms with Crippen LogP contribution in [0.4, 0.5) is 0 Å². The van der Waals surface area contributed by atoms with E-state index in [-0.39, 0.29) is 6.61 Å². The Hall–Kier alpha value is -0.440. The maximum Gasteiger partial charge on any atom is 0.0822 e. The minimum atomic E-state index is -0.0289. The Kier molecular flexibility index (Phi) is 6.20. The van der Waals surface area contributed by atoms with Crippen molar-refractivity contribution in [3.8, 4) is 0 Å². The van der Waals surface area contributed by atoms with Gasteiger partial charge in [-0.15, -0.1) is 0 Å². The lowest BCUT2D eigenvalue weighted by atomic mass is 10.2. The van der Waals surface area contributed by atoms with E-state index in [1.165, 1.54) is 0 Å². The van der Waals surface area contributed by atoms with Gasteiger partial charge in [0.15, 0.2) is 0 Å². The van der Waals surface area contributed by atoms with Crippen LogP contribution in [0, 0.1) is 4.91 Å². The molecule has 0 unspecified atom stereocenters. The summed E-state index contributed by atoms with van der Waals surface area (Å²) in [6, 6.07) is 0. The highest BCUT2D eigenvalue weighted by Crippen LogP contribution is 1.93. The molecule has 3 nitrogen and oxygen atoms in total. The van der Waals surface area contributed by atoms with E-state index in [9.17, 15) is 10.0 Å². The SMILES string of the molecule is [O]CCCCCN=O. The molecule has 0 aliphatic carbocycles. The lowest BCUT2D eigenvalue weighted by Gasteiger charge is -1.88. The Bertz CT molecular complexity index is 56.4. The second kappa shape index (κ2) is 6.56. The molecule has 8 heavy (non-hydrogen) atoms. The van der Waals surface area contributed by atoms with Gasteiger partial charge in [-0.1, -0.05) is 5.18 Å². The van der Waals surface area contributed by atoms with Crippen molar-refractivity contribution < 1.29 is 5.11 Å². The van der Waals surface area contributed by atoms with Gasteiger partial charge in [0.25, 0.3) is 0 Å². The van der Waals surface area contributed by atoms with E-state index in [0.717, 1.165) is 12.8 Å². The molecular formula is C5H10NO2. The molecule has 1 radical (unpaired) electrons. The first-order valence-electron chi connectivity index (χ1n) is 2.79. The monoisotopic (exact) mass is 116 g/mol. The van der Waals surface area contributed by atoms with Crippen LogP contribution in [0.5, 0.6) is 0 Å². The molecule has 0 N–H and O–H groups in total. The van der Waals surface area contributed by atoms with E-state index in [0.29, 0.717) is 13.0 Å². The lowest BCUT2D eigenvalue weighted by Crippen LogP contribution is -1.83. The quantitative estimate of drug-likeness (QED) is 0.395. The van der Waals surface area contributed by atoms with Crippen LogP contribution in [0.2, 0.25) is 0 Å². The highest BCUT2D eigenvalue weighted by atomic mass is 16.3. The molecule has 0 aromatic carbocycles. The third-order valence-electron chi connectivity index (χ3n) is 0.894. The Labute approximate surface area is 48.7 Å². The number of nitrogens with zero attached hydrogens (tertiary/aromatic N) is 1. The average molecular weight is 116 g/mol. The van der Waals surface area contributed by atoms with Gasteiger partial charge in [-0.2, -0.15) is 4.91 Å². The van der Waals surface area contributed by atoms with Crippen LogP contribution in [0.1, 0.15) is 19.3 Å². The summed E-state index contributed by atoms with van der Waals surface area (Å²) < 4.78 is 0. The molecular weight excluding hydrogens is 106 g/mol. The third-order valence-corrected chi connectivity index (χ3v) is 0.894. The Balaban J connectivity index is 2.62. The van der Waals surface area contributed by atoms with Gasteiger partial charge in [0.05, 0.1) is 13.2 Å². The van der Waals surface area contributed by atoms with Crippen LogP contribution >= 0.6 is 0 Å². The van der Waals surface area contributed by atoms with Crippen molar-refractivity contribution in [3.05, 3.63) is 4.91 Å². The topological polar surface area (TPSA) is 49.3 Å². The van der Waals surface area contributed by atoms with E-state index >= 15 is 0 Å². The molecule has 0 atom stereocenters. The maximum absolute atomic E-state index is 9.78. The van der Waals surface area contributed by atoms with Crippen LogP contribution in [0.3, 0.4) is 0 Å². The van der Waals surface area contributed by atoms with Crippen molar-refractivity contribution in [2.45, 2.75) is 19.3 Å². The van der Waals surface area contributed by atoms with Gasteiger partial charge in [-0.25, -0.2) is 5.11 Å². The van der Waals surface area contributed by atoms with E-state index in [1.54, 1.807) is 0 Å². The van der Waals surface area contributed by atoms with Crippen molar-refractivity contribution in [3.63, 3.8) is 0 Å². The molecule has 0 aliphatic heterocycles. The minimum Gasteiger partial charge on any atom is -0.237 e. The highest BCUT2D eigenvalue weighted by Gasteiger charge is 1.85. The first-order valence-corrected chi connectivity index (χ1v) is 2.79. The second-order valence-electron chi connectivity index (χ2n) is 1.62. The fourth-order valence-electron chi connectivity index (χ4n) is 0.455. The summed E-state index contributed by atoms with van der Waals surface area (Å²) in [7, 11) is 0. The second-order valence-corrected chi connectivity index (χ2v) is 1.62. The number of unbranched alkanes of at least 4 members (excludes halogenated alkanes) is 2. The van der Waals surface area contributed by atoms with Crippen molar-refractivity contribution >= 4 is 0 Å². The first-order chi connectivity index (χ1) is 3.91. The lowest BCUT2D eigenvalue weighted by molar-refractivity contribution is 0.186. The molecule has 0 saturated carbocycles. The molecule has 0 fully saturated rings. The van der Waals surface area contributed by atoms with Crippen LogP contribution in [0.25, 0.3) is 0 Å². The number of rotatable bonds is 5. The molecule has 3 heteroatoms. The number of hydrogen-bond acceptors (Lipinski definition) is 2. The van der Waals surface area contributed by atoms with Gasteiger partial charge in [-0.3, -0.25) is 0 Å². The van der Waals surface area contributed by atoms with Crippen LogP contribution in [-0.4, -0.2) is 13.2 Å². The summed E-state index contributed by atoms with van der Waals surface area (Å²) in [6.07, 6.45) is 2.29. The molecule has 0 aliphatic rings. The molecule has 0 spiro atoms. The Morgan fingerprint density at radius 2 is 1.88 bits per heavy atom. The van der Waals surface area contributed by atoms with Crippen LogP contribution in [-0.2, 0) is 5.11 Å². The van der Waals surface area contributed by atoms with E-state index < -0.39 is 0 Å². The van der Waals surface area contributed by atoms with E-state index in [2.05, 4.69) is 5.18 Å². The first kappa shape index (κ1) is 7.56. The fourth-order valence-corrected chi connectivity index (χ4v) is 0.455. The van der Waals surface area contributed by atoms with Gasteiger partial charge in [0.2, 0.25) is 0 Å². The highest BCUT2D eigenvalue weighted by molar-refractivity contribution is 4.42. The standard InChI is InChI=1S/C5H10NO2/c7-5-3-1-2-4-6-8/h1-5H2. The zero-order chi connectivity index (χ0) is 6.24. The predicted molar refractivity (Wildman–Crippen MR) is 30.1 cm³/mol. The van der Waals surface area contributed by atoms with Crippen molar-refractivity contribution in [1.29, 1.82) is 0 Å². The average Bonchev–Trinajstić information content (AvgIpc) is 1.81. The molecule has 0 saturated heterocycles. The number of hydrogen-bond donors (Lipinski definition) is 0. The van der Waals surface area contributed by atoms with Gasteiger partial charge >= 0.3 is 0 Å². The summed E-state index contributed by atoms with van der Waals surface area (Å²) in [5.41, 5.74) is 0. The third kappa shape index (κ3) is 5.56. The smallest absolute Gasteiger partial charge is 0.0822 e. The van der Waals surface area contributed by atoms with Crippen molar-refractivity contribution in [1.82, 2.24) is 0 Å². The van der Waals surface area contributed by atoms with Gasteiger partial charge in [0.1, 0.15) is 0 Å². The largest absolute Gasteiger partial charge is 0.237 e. The number of nitroso groups, excluding NO2 is 1. The molecule has 0 bridgehead atoms. The van der Waals surface area contributed by atoms with Gasteiger partial charge in [0, 0.05) is 0 Å². The normalized spacial score (nSPS) is 9.12. The molecule has 0 aromatic heterocycles. The van der Waals surface area contributed by atoms with Crippen molar-refractivity contribution in [2.24, 2.45) is 5.18 Å². The summed E-state index contributed by atoms with van der Waals surface area (Å²) in [5.74, 6) is 0. The van der Waals surface area contributed by atoms with E-state index in [4.69, 9.17) is 0 Å². The fraction of sp³-hybridized carbons (Fsp3) is 1.00. The molecule has 0 aromatic rings. The summed E-state index contributed by atoms with van der Waals surface area (Å²) in [6.45, 7) is 0.332. The summed E-state index contributed by atoms with van der Waals surface area (Å²) >= 11 is 0. The molecule has 0 heterocycles. The van der Waals surface area contributed by atoms with Crippen molar-refractivity contribution in [2.75, 3.05) is 13.2 Å². The predicted octanol–water partition coefficient (Wildman–Crippen LogP) is 1.35. The minimum absolute atomic E-state index is 0.0289. The Morgan fingerprint density at radius 3 is 2.38 bits per heavy atom. The van der Waals surface area contributed by atoms with Gasteiger partial charge < -0.3 is 0 Å². The molecule has 0 amide bonds. The summed E-state index contributed by atoms with van der Waals surface area (Å²) in [4.78, 5) is 9.44. The van der Waals surface area contributed by atoms with Crippen LogP contribution in [0.15, 0.2) is 5.18 Å². The zero-order valence-electron chi connectivity index (χ0n) is 4.80. The van der Waals surface area contributed by atoms with Crippen LogP contribution < -0.4 is 0 Å². The Morgan fingerprint density at radius 1 is 1.12 bits per heavy atom.